The highest BCUT2D eigenvalue weighted by molar-refractivity contribution is 9.10. The first-order valence-corrected chi connectivity index (χ1v) is 4.89. The molecule has 2 aromatic rings. The largest absolute Gasteiger partial charge is 0.347 e. The van der Waals surface area contributed by atoms with E-state index in [0.717, 1.165) is 4.47 Å². The van der Waals surface area contributed by atoms with Gasteiger partial charge in [0.2, 0.25) is 4.77 Å². The molecule has 2 aromatic heterocycles. The summed E-state index contributed by atoms with van der Waals surface area (Å²) >= 11 is 8.20. The van der Waals surface area contributed by atoms with E-state index in [2.05, 4.69) is 31.1 Å². The van der Waals surface area contributed by atoms with Gasteiger partial charge in [0.15, 0.2) is 0 Å². The fourth-order valence-electron chi connectivity index (χ4n) is 1.07. The Labute approximate surface area is 91.9 Å². The first-order valence-electron chi connectivity index (χ1n) is 3.69. The quantitative estimate of drug-likeness (QED) is 0.771. The minimum absolute atomic E-state index is 0.310. The zero-order valence-corrected chi connectivity index (χ0v) is 9.22. The van der Waals surface area contributed by atoms with E-state index in [-0.39, 0.29) is 5.69 Å². The summed E-state index contributed by atoms with van der Waals surface area (Å²) in [6.07, 6.45) is 3.19. The first kappa shape index (κ1) is 9.35. The molecule has 0 radical (unpaired) electrons. The van der Waals surface area contributed by atoms with Gasteiger partial charge in [-0.2, -0.15) is 0 Å². The maximum atomic E-state index is 11.3. The summed E-state index contributed by atoms with van der Waals surface area (Å²) in [5.41, 5.74) is 0.307. The van der Waals surface area contributed by atoms with Crippen molar-refractivity contribution in [2.75, 3.05) is 0 Å². The standard InChI is InChI=1S/C7H5BrN4OS/c8-4-1-5(3-9-2-4)12-6(13)10-11-7(12)14/h1-3H,(H,10,13)(H,11,14). The number of hydrogen-bond donors (Lipinski definition) is 2. The van der Waals surface area contributed by atoms with E-state index in [9.17, 15) is 4.79 Å². The molecule has 0 spiro atoms. The molecule has 0 aromatic carbocycles. The number of rotatable bonds is 1. The molecule has 0 atom stereocenters. The van der Waals surface area contributed by atoms with Crippen LogP contribution in [0.5, 0.6) is 0 Å². The van der Waals surface area contributed by atoms with Gasteiger partial charge in [0.05, 0.1) is 11.9 Å². The van der Waals surface area contributed by atoms with E-state index >= 15 is 0 Å². The van der Waals surface area contributed by atoms with E-state index in [4.69, 9.17) is 12.2 Å². The molecule has 0 amide bonds. The van der Waals surface area contributed by atoms with Crippen LogP contribution in [-0.4, -0.2) is 19.7 Å². The number of aromatic nitrogens is 4. The van der Waals surface area contributed by atoms with Crippen LogP contribution in [0.15, 0.2) is 27.7 Å². The molecule has 2 rings (SSSR count). The lowest BCUT2D eigenvalue weighted by Gasteiger charge is -1.98. The van der Waals surface area contributed by atoms with Crippen molar-refractivity contribution in [1.82, 2.24) is 19.7 Å². The molecule has 14 heavy (non-hydrogen) atoms. The molecule has 2 N–H and O–H groups in total. The molecule has 72 valence electrons. The maximum Gasteiger partial charge on any atom is 0.347 e. The highest BCUT2D eigenvalue weighted by Gasteiger charge is 2.03. The average molecular weight is 273 g/mol. The second-order valence-electron chi connectivity index (χ2n) is 2.56. The van der Waals surface area contributed by atoms with Crippen molar-refractivity contribution in [1.29, 1.82) is 0 Å². The lowest BCUT2D eigenvalue weighted by atomic mass is 10.4. The topological polar surface area (TPSA) is 66.5 Å². The van der Waals surface area contributed by atoms with Crippen molar-refractivity contribution in [3.8, 4) is 5.69 Å². The Morgan fingerprint density at radius 1 is 1.43 bits per heavy atom. The van der Waals surface area contributed by atoms with Crippen molar-refractivity contribution in [2.24, 2.45) is 0 Å². The summed E-state index contributed by atoms with van der Waals surface area (Å²) in [6, 6.07) is 1.76. The molecule has 7 heteroatoms. The molecule has 0 saturated heterocycles. The third-order valence-corrected chi connectivity index (χ3v) is 2.35. The lowest BCUT2D eigenvalue weighted by Crippen LogP contribution is -2.14. The number of nitrogens with one attached hydrogen (secondary N) is 2. The van der Waals surface area contributed by atoms with Gasteiger partial charge in [-0.15, -0.1) is 0 Å². The number of halogens is 1. The smallest absolute Gasteiger partial charge is 0.272 e. The van der Waals surface area contributed by atoms with Crippen LogP contribution in [-0.2, 0) is 0 Å². The molecule has 0 unspecified atom stereocenters. The summed E-state index contributed by atoms with van der Waals surface area (Å²) in [5.74, 6) is 0. The fourth-order valence-corrected chi connectivity index (χ4v) is 1.66. The van der Waals surface area contributed by atoms with E-state index in [0.29, 0.717) is 10.5 Å². The van der Waals surface area contributed by atoms with Gasteiger partial charge in [-0.3, -0.25) is 10.1 Å². The molecule has 0 bridgehead atoms. The number of H-pyrrole nitrogens is 2. The highest BCUT2D eigenvalue weighted by Crippen LogP contribution is 2.11. The van der Waals surface area contributed by atoms with Gasteiger partial charge < -0.3 is 0 Å². The van der Waals surface area contributed by atoms with Gasteiger partial charge in [-0.05, 0) is 34.2 Å². The normalized spacial score (nSPS) is 10.4. The minimum Gasteiger partial charge on any atom is -0.272 e. The molecular weight excluding hydrogens is 268 g/mol. The van der Waals surface area contributed by atoms with Crippen molar-refractivity contribution >= 4 is 28.1 Å². The molecule has 2 heterocycles. The van der Waals surface area contributed by atoms with Crippen LogP contribution in [0.25, 0.3) is 5.69 Å². The lowest BCUT2D eigenvalue weighted by molar-refractivity contribution is 0.963. The van der Waals surface area contributed by atoms with Gasteiger partial charge >= 0.3 is 5.69 Å². The minimum atomic E-state index is -0.310. The Balaban J connectivity index is 2.72. The van der Waals surface area contributed by atoms with E-state index in [1.807, 2.05) is 0 Å². The van der Waals surface area contributed by atoms with Crippen LogP contribution >= 0.6 is 28.1 Å². The van der Waals surface area contributed by atoms with Gasteiger partial charge in [-0.1, -0.05) is 0 Å². The van der Waals surface area contributed by atoms with Crippen LogP contribution < -0.4 is 5.69 Å². The fraction of sp³-hybridized carbons (Fsp3) is 0. The second kappa shape index (κ2) is 3.50. The molecule has 0 aliphatic carbocycles. The van der Waals surface area contributed by atoms with Gasteiger partial charge in [-0.25, -0.2) is 14.5 Å². The van der Waals surface area contributed by atoms with Crippen molar-refractivity contribution in [2.45, 2.75) is 0 Å². The summed E-state index contributed by atoms with van der Waals surface area (Å²) in [7, 11) is 0. The average Bonchev–Trinajstić information content (AvgIpc) is 2.46. The Morgan fingerprint density at radius 3 is 2.79 bits per heavy atom. The van der Waals surface area contributed by atoms with Crippen LogP contribution in [0.3, 0.4) is 0 Å². The first-order chi connectivity index (χ1) is 6.68. The van der Waals surface area contributed by atoms with E-state index < -0.39 is 0 Å². The monoisotopic (exact) mass is 272 g/mol. The van der Waals surface area contributed by atoms with Gasteiger partial charge in [0.25, 0.3) is 0 Å². The van der Waals surface area contributed by atoms with Gasteiger partial charge in [0.1, 0.15) is 0 Å². The summed E-state index contributed by atoms with van der Waals surface area (Å²) < 4.78 is 2.43. The number of aromatic amines is 2. The maximum absolute atomic E-state index is 11.3. The Hall–Kier alpha value is -1.21. The van der Waals surface area contributed by atoms with E-state index in [1.54, 1.807) is 18.5 Å². The van der Waals surface area contributed by atoms with Crippen LogP contribution in [0.2, 0.25) is 0 Å². The van der Waals surface area contributed by atoms with Crippen LogP contribution in [0, 0.1) is 4.77 Å². The Bertz CT molecular complexity index is 542. The van der Waals surface area contributed by atoms with E-state index in [1.165, 1.54) is 4.57 Å². The third-order valence-electron chi connectivity index (χ3n) is 1.63. The molecule has 0 aliphatic rings. The summed E-state index contributed by atoms with van der Waals surface area (Å²) in [4.78, 5) is 15.3. The summed E-state index contributed by atoms with van der Waals surface area (Å²) in [5, 5.41) is 4.94. The number of hydrogen-bond acceptors (Lipinski definition) is 3. The Morgan fingerprint density at radius 2 is 2.21 bits per heavy atom. The number of nitrogens with zero attached hydrogens (tertiary/aromatic N) is 2. The van der Waals surface area contributed by atoms with Crippen LogP contribution in [0.1, 0.15) is 0 Å². The van der Waals surface area contributed by atoms with Gasteiger partial charge in [0, 0.05) is 10.7 Å². The SMILES string of the molecule is O=c1[nH][nH]c(=S)n1-c1cncc(Br)c1. The summed E-state index contributed by atoms with van der Waals surface area (Å²) in [6.45, 7) is 0. The predicted octanol–water partition coefficient (Wildman–Crippen LogP) is 1.38. The molecule has 0 aliphatic heterocycles. The highest BCUT2D eigenvalue weighted by atomic mass is 79.9. The zero-order valence-electron chi connectivity index (χ0n) is 6.82. The molecule has 5 nitrogen and oxygen atoms in total. The molecule has 0 saturated carbocycles. The third kappa shape index (κ3) is 1.55. The molecular formula is C7H5BrN4OS. The predicted molar refractivity (Wildman–Crippen MR) is 57.1 cm³/mol. The number of pyridine rings is 1. The van der Waals surface area contributed by atoms with Crippen molar-refractivity contribution in [3.05, 3.63) is 38.2 Å². The van der Waals surface area contributed by atoms with Crippen molar-refractivity contribution in [3.63, 3.8) is 0 Å². The van der Waals surface area contributed by atoms with Crippen molar-refractivity contribution < 1.29 is 0 Å². The van der Waals surface area contributed by atoms with Crippen LogP contribution in [0.4, 0.5) is 0 Å². The second-order valence-corrected chi connectivity index (χ2v) is 3.86. The zero-order chi connectivity index (χ0) is 10.1. The Kier molecular flexibility index (Phi) is 2.34. The molecule has 0 fully saturated rings.